The van der Waals surface area contributed by atoms with Crippen LogP contribution >= 0.6 is 0 Å². The van der Waals surface area contributed by atoms with Gasteiger partial charge in [-0.3, -0.25) is 4.79 Å². The van der Waals surface area contributed by atoms with Crippen LogP contribution in [-0.2, 0) is 14.6 Å². The van der Waals surface area contributed by atoms with E-state index in [0.717, 1.165) is 11.8 Å². The molecule has 0 aliphatic rings. The van der Waals surface area contributed by atoms with Crippen molar-refractivity contribution in [1.82, 2.24) is 0 Å². The molecule has 21 heavy (non-hydrogen) atoms. The van der Waals surface area contributed by atoms with Crippen LogP contribution in [0.15, 0.2) is 52.0 Å². The summed E-state index contributed by atoms with van der Waals surface area (Å²) in [6.45, 7) is 1.79. The average molecular weight is 305 g/mol. The van der Waals surface area contributed by atoms with Crippen molar-refractivity contribution in [2.75, 3.05) is 11.6 Å². The van der Waals surface area contributed by atoms with Gasteiger partial charge in [0.05, 0.1) is 11.2 Å². The van der Waals surface area contributed by atoms with E-state index in [1.807, 2.05) is 0 Å². The molecule has 2 rings (SSSR count). The number of furan rings is 1. The second kappa shape index (κ2) is 5.97. The molecule has 2 aromatic rings. The molecule has 1 N–H and O–H groups in total. The van der Waals surface area contributed by atoms with Gasteiger partial charge in [0.2, 0.25) is 5.91 Å². The van der Waals surface area contributed by atoms with Crippen molar-refractivity contribution in [2.45, 2.75) is 11.8 Å². The fourth-order valence-corrected chi connectivity index (χ4v) is 2.33. The van der Waals surface area contributed by atoms with Gasteiger partial charge in [-0.25, -0.2) is 8.42 Å². The zero-order chi connectivity index (χ0) is 15.5. The average Bonchev–Trinajstić information content (AvgIpc) is 2.91. The molecule has 0 radical (unpaired) electrons. The minimum atomic E-state index is -3.31. The van der Waals surface area contributed by atoms with E-state index in [4.69, 9.17) is 4.42 Å². The molecule has 0 saturated heterocycles. The van der Waals surface area contributed by atoms with E-state index >= 15 is 0 Å². The maximum absolute atomic E-state index is 11.8. The highest BCUT2D eigenvalue weighted by atomic mass is 32.2. The Hall–Kier alpha value is -2.34. The highest BCUT2D eigenvalue weighted by Crippen LogP contribution is 2.20. The van der Waals surface area contributed by atoms with Gasteiger partial charge in [-0.1, -0.05) is 6.07 Å². The van der Waals surface area contributed by atoms with Crippen LogP contribution in [0.4, 0.5) is 5.69 Å². The Balaban J connectivity index is 2.17. The minimum absolute atomic E-state index is 0.165. The Bertz CT molecular complexity index is 774. The van der Waals surface area contributed by atoms with Crippen LogP contribution in [0.25, 0.3) is 6.08 Å². The van der Waals surface area contributed by atoms with Gasteiger partial charge in [0.1, 0.15) is 5.76 Å². The summed E-state index contributed by atoms with van der Waals surface area (Å²) in [6.07, 6.45) is 5.49. The Kier molecular flexibility index (Phi) is 4.28. The standard InChI is InChI=1S/C15H15NO4S/c1-11-5-7-13(21(2,18)19)10-14(11)16-15(17)8-6-12-4-3-9-20-12/h3-10H,1-2H3,(H,16,17)/b8-6+. The second-order valence-corrected chi connectivity index (χ2v) is 6.60. The lowest BCUT2D eigenvalue weighted by Crippen LogP contribution is -2.10. The van der Waals surface area contributed by atoms with Crippen LogP contribution in [-0.4, -0.2) is 20.6 Å². The van der Waals surface area contributed by atoms with E-state index in [0.29, 0.717) is 11.4 Å². The first-order valence-corrected chi connectivity index (χ1v) is 8.09. The summed E-state index contributed by atoms with van der Waals surface area (Å²) in [6, 6.07) is 8.06. The van der Waals surface area contributed by atoms with Crippen LogP contribution in [0.2, 0.25) is 0 Å². The number of hydrogen-bond donors (Lipinski definition) is 1. The van der Waals surface area contributed by atoms with Gasteiger partial charge in [0.15, 0.2) is 9.84 Å². The van der Waals surface area contributed by atoms with Crippen molar-refractivity contribution >= 4 is 27.5 Å². The number of rotatable bonds is 4. The van der Waals surface area contributed by atoms with Crippen LogP contribution in [0.5, 0.6) is 0 Å². The molecule has 1 amide bonds. The third-order valence-corrected chi connectivity index (χ3v) is 3.95. The molecule has 1 aromatic carbocycles. The van der Waals surface area contributed by atoms with Gasteiger partial charge in [0, 0.05) is 18.0 Å². The number of benzene rings is 1. The summed E-state index contributed by atoms with van der Waals surface area (Å²) in [5, 5.41) is 2.65. The summed E-state index contributed by atoms with van der Waals surface area (Å²) in [4.78, 5) is 12.0. The van der Waals surface area contributed by atoms with Crippen molar-refractivity contribution in [2.24, 2.45) is 0 Å². The number of aryl methyl sites for hydroxylation is 1. The van der Waals surface area contributed by atoms with Gasteiger partial charge in [-0.2, -0.15) is 0 Å². The molecule has 6 heteroatoms. The molecule has 5 nitrogen and oxygen atoms in total. The summed E-state index contributed by atoms with van der Waals surface area (Å²) < 4.78 is 28.1. The molecule has 0 bridgehead atoms. The number of anilines is 1. The molecule has 0 aliphatic carbocycles. The highest BCUT2D eigenvalue weighted by Gasteiger charge is 2.10. The summed E-state index contributed by atoms with van der Waals surface area (Å²) in [7, 11) is -3.31. The molecular formula is C15H15NO4S. The molecule has 0 unspecified atom stereocenters. The van der Waals surface area contributed by atoms with Gasteiger partial charge < -0.3 is 9.73 Å². The summed E-state index contributed by atoms with van der Waals surface area (Å²) in [5.74, 6) is 0.201. The van der Waals surface area contributed by atoms with E-state index in [9.17, 15) is 13.2 Å². The number of sulfone groups is 1. The molecule has 0 fully saturated rings. The van der Waals surface area contributed by atoms with Crippen LogP contribution in [0.1, 0.15) is 11.3 Å². The maximum atomic E-state index is 11.8. The van der Waals surface area contributed by atoms with Crippen molar-refractivity contribution < 1.29 is 17.6 Å². The third kappa shape index (κ3) is 4.06. The van der Waals surface area contributed by atoms with Gasteiger partial charge in [-0.15, -0.1) is 0 Å². The lowest BCUT2D eigenvalue weighted by molar-refractivity contribution is -0.111. The molecule has 1 aromatic heterocycles. The van der Waals surface area contributed by atoms with Crippen LogP contribution < -0.4 is 5.32 Å². The molecule has 0 atom stereocenters. The number of carbonyl (C=O) groups is 1. The Labute approximate surface area is 123 Å². The molecule has 0 saturated carbocycles. The molecule has 110 valence electrons. The van der Waals surface area contributed by atoms with Crippen molar-refractivity contribution in [1.29, 1.82) is 0 Å². The van der Waals surface area contributed by atoms with Crippen molar-refractivity contribution in [3.63, 3.8) is 0 Å². The number of amides is 1. The van der Waals surface area contributed by atoms with Gasteiger partial charge in [-0.05, 0) is 42.8 Å². The fourth-order valence-electron chi connectivity index (χ4n) is 1.68. The van der Waals surface area contributed by atoms with Crippen molar-refractivity contribution in [3.8, 4) is 0 Å². The lowest BCUT2D eigenvalue weighted by Gasteiger charge is -2.08. The number of hydrogen-bond acceptors (Lipinski definition) is 4. The van der Waals surface area contributed by atoms with Crippen molar-refractivity contribution in [3.05, 3.63) is 54.0 Å². The normalized spacial score (nSPS) is 11.7. The van der Waals surface area contributed by atoms with E-state index in [-0.39, 0.29) is 10.8 Å². The van der Waals surface area contributed by atoms with E-state index in [1.54, 1.807) is 25.1 Å². The molecular weight excluding hydrogens is 290 g/mol. The molecule has 1 heterocycles. The quantitative estimate of drug-likeness (QED) is 0.881. The largest absolute Gasteiger partial charge is 0.465 e. The monoisotopic (exact) mass is 305 g/mol. The summed E-state index contributed by atoms with van der Waals surface area (Å²) >= 11 is 0. The second-order valence-electron chi connectivity index (χ2n) is 4.59. The number of carbonyl (C=O) groups excluding carboxylic acids is 1. The van der Waals surface area contributed by atoms with Gasteiger partial charge in [0.25, 0.3) is 0 Å². The first-order chi connectivity index (χ1) is 9.86. The Morgan fingerprint density at radius 2 is 2.05 bits per heavy atom. The van der Waals surface area contributed by atoms with E-state index in [2.05, 4.69) is 5.32 Å². The maximum Gasteiger partial charge on any atom is 0.248 e. The summed E-state index contributed by atoms with van der Waals surface area (Å²) in [5.41, 5.74) is 1.24. The zero-order valence-electron chi connectivity index (χ0n) is 11.7. The Morgan fingerprint density at radius 1 is 1.29 bits per heavy atom. The predicted molar refractivity (Wildman–Crippen MR) is 80.7 cm³/mol. The Morgan fingerprint density at radius 3 is 2.67 bits per heavy atom. The lowest BCUT2D eigenvalue weighted by atomic mass is 10.2. The smallest absolute Gasteiger partial charge is 0.248 e. The van der Waals surface area contributed by atoms with E-state index in [1.165, 1.54) is 30.5 Å². The predicted octanol–water partition coefficient (Wildman–Crippen LogP) is 2.64. The first-order valence-electron chi connectivity index (χ1n) is 6.19. The van der Waals surface area contributed by atoms with Crippen LogP contribution in [0, 0.1) is 6.92 Å². The van der Waals surface area contributed by atoms with Gasteiger partial charge >= 0.3 is 0 Å². The third-order valence-electron chi connectivity index (χ3n) is 2.84. The molecule has 0 aliphatic heterocycles. The zero-order valence-corrected chi connectivity index (χ0v) is 12.5. The fraction of sp³-hybridized carbons (Fsp3) is 0.133. The van der Waals surface area contributed by atoms with E-state index < -0.39 is 9.84 Å². The molecule has 0 spiro atoms. The number of nitrogens with one attached hydrogen (secondary N) is 1. The SMILES string of the molecule is Cc1ccc(S(C)(=O)=O)cc1NC(=O)/C=C/c1ccco1. The highest BCUT2D eigenvalue weighted by molar-refractivity contribution is 7.90. The topological polar surface area (TPSA) is 76.4 Å². The van der Waals surface area contributed by atoms with Crippen LogP contribution in [0.3, 0.4) is 0 Å². The first kappa shape index (κ1) is 15.1. The minimum Gasteiger partial charge on any atom is -0.465 e.